The first-order valence-corrected chi connectivity index (χ1v) is 7.36. The Labute approximate surface area is 119 Å². The number of aryl methyl sites for hydroxylation is 1. The lowest BCUT2D eigenvalue weighted by molar-refractivity contribution is -0.131. The molecule has 2 saturated heterocycles. The van der Waals surface area contributed by atoms with Crippen molar-refractivity contribution in [3.05, 3.63) is 35.1 Å². The predicted octanol–water partition coefficient (Wildman–Crippen LogP) is 2.33. The zero-order valence-electron chi connectivity index (χ0n) is 12.1. The third-order valence-electron chi connectivity index (χ3n) is 4.52. The van der Waals surface area contributed by atoms with Crippen molar-refractivity contribution in [1.29, 1.82) is 0 Å². The molecule has 0 saturated carbocycles. The molecule has 0 spiro atoms. The standard InChI is InChI=1S/C16H21FN2O/c1-11-5-6-14(17)8-13(11)9-18-10-15(18)16(20)19-7-3-4-12(19)2/h5-6,8,12,15H,3-4,7,9-10H2,1-2H3. The molecule has 4 heteroatoms. The van der Waals surface area contributed by atoms with E-state index in [4.69, 9.17) is 0 Å². The van der Waals surface area contributed by atoms with Crippen LogP contribution in [0, 0.1) is 12.7 Å². The van der Waals surface area contributed by atoms with Crippen LogP contribution < -0.4 is 0 Å². The van der Waals surface area contributed by atoms with Crippen molar-refractivity contribution in [3.8, 4) is 0 Å². The maximum absolute atomic E-state index is 13.3. The fourth-order valence-corrected chi connectivity index (χ4v) is 3.07. The highest BCUT2D eigenvalue weighted by Crippen LogP contribution is 2.27. The number of nitrogens with zero attached hydrogens (tertiary/aromatic N) is 2. The van der Waals surface area contributed by atoms with Gasteiger partial charge in [-0.3, -0.25) is 9.69 Å². The van der Waals surface area contributed by atoms with Crippen molar-refractivity contribution in [3.63, 3.8) is 0 Å². The molecule has 2 fully saturated rings. The minimum Gasteiger partial charge on any atom is -0.339 e. The highest BCUT2D eigenvalue weighted by atomic mass is 19.1. The molecule has 0 aromatic heterocycles. The first kappa shape index (κ1) is 13.6. The third-order valence-corrected chi connectivity index (χ3v) is 4.52. The van der Waals surface area contributed by atoms with Gasteiger partial charge in [0.05, 0.1) is 0 Å². The Bertz CT molecular complexity index is 531. The SMILES string of the molecule is Cc1ccc(F)cc1CN1CC1C(=O)N1CCCC1C. The maximum Gasteiger partial charge on any atom is 0.241 e. The van der Waals surface area contributed by atoms with Crippen LogP contribution in [0.1, 0.15) is 30.9 Å². The van der Waals surface area contributed by atoms with E-state index in [1.165, 1.54) is 6.07 Å². The smallest absolute Gasteiger partial charge is 0.241 e. The number of carbonyl (C=O) groups excluding carboxylic acids is 1. The van der Waals surface area contributed by atoms with Gasteiger partial charge in [0, 0.05) is 25.7 Å². The number of amides is 1. The molecule has 1 aromatic carbocycles. The number of rotatable bonds is 3. The second kappa shape index (κ2) is 5.17. The second-order valence-electron chi connectivity index (χ2n) is 6.04. The van der Waals surface area contributed by atoms with E-state index in [2.05, 4.69) is 11.8 Å². The lowest BCUT2D eigenvalue weighted by atomic mass is 10.1. The fraction of sp³-hybridized carbons (Fsp3) is 0.562. The van der Waals surface area contributed by atoms with Crippen LogP contribution in [0.4, 0.5) is 4.39 Å². The maximum atomic E-state index is 13.3. The summed E-state index contributed by atoms with van der Waals surface area (Å²) in [4.78, 5) is 16.5. The van der Waals surface area contributed by atoms with E-state index in [0.29, 0.717) is 12.6 Å². The molecule has 0 bridgehead atoms. The Balaban J connectivity index is 1.62. The van der Waals surface area contributed by atoms with Crippen LogP contribution in [-0.2, 0) is 11.3 Å². The first-order valence-electron chi connectivity index (χ1n) is 7.36. The molecule has 20 heavy (non-hydrogen) atoms. The topological polar surface area (TPSA) is 23.3 Å². The van der Waals surface area contributed by atoms with Crippen molar-refractivity contribution in [1.82, 2.24) is 9.80 Å². The number of likely N-dealkylation sites (tertiary alicyclic amines) is 1. The number of hydrogen-bond donors (Lipinski definition) is 0. The lowest BCUT2D eigenvalue weighted by Gasteiger charge is -2.21. The molecule has 0 aliphatic carbocycles. The summed E-state index contributed by atoms with van der Waals surface area (Å²) in [5.41, 5.74) is 2.06. The molecular formula is C16H21FN2O. The summed E-state index contributed by atoms with van der Waals surface area (Å²) in [6, 6.07) is 5.25. The number of carbonyl (C=O) groups is 1. The molecule has 0 radical (unpaired) electrons. The van der Waals surface area contributed by atoms with Crippen LogP contribution in [0.15, 0.2) is 18.2 Å². The monoisotopic (exact) mass is 276 g/mol. The van der Waals surface area contributed by atoms with E-state index in [1.54, 1.807) is 12.1 Å². The molecule has 3 nitrogen and oxygen atoms in total. The van der Waals surface area contributed by atoms with E-state index in [-0.39, 0.29) is 17.8 Å². The minimum absolute atomic E-state index is 0.0122. The molecule has 0 N–H and O–H groups in total. The van der Waals surface area contributed by atoms with Crippen LogP contribution in [0.2, 0.25) is 0 Å². The summed E-state index contributed by atoms with van der Waals surface area (Å²) in [5, 5.41) is 0. The number of halogens is 1. The summed E-state index contributed by atoms with van der Waals surface area (Å²) < 4.78 is 13.3. The quantitative estimate of drug-likeness (QED) is 0.791. The Kier molecular flexibility index (Phi) is 3.50. The van der Waals surface area contributed by atoms with Crippen LogP contribution in [0.25, 0.3) is 0 Å². The molecular weight excluding hydrogens is 255 g/mol. The molecule has 2 aliphatic rings. The normalized spacial score (nSPS) is 28.8. The van der Waals surface area contributed by atoms with Gasteiger partial charge >= 0.3 is 0 Å². The first-order chi connectivity index (χ1) is 9.56. The van der Waals surface area contributed by atoms with Crippen LogP contribution in [0.5, 0.6) is 0 Å². The van der Waals surface area contributed by atoms with E-state index < -0.39 is 0 Å². The van der Waals surface area contributed by atoms with Gasteiger partial charge < -0.3 is 4.90 Å². The summed E-state index contributed by atoms with van der Waals surface area (Å²) in [6.45, 7) is 6.47. The fourth-order valence-electron chi connectivity index (χ4n) is 3.07. The largest absolute Gasteiger partial charge is 0.339 e. The second-order valence-corrected chi connectivity index (χ2v) is 6.04. The average Bonchev–Trinajstić information content (AvgIpc) is 3.05. The van der Waals surface area contributed by atoms with Crippen LogP contribution >= 0.6 is 0 Å². The molecule has 1 aromatic rings. The van der Waals surface area contributed by atoms with Gasteiger partial charge in [0.1, 0.15) is 11.9 Å². The zero-order chi connectivity index (χ0) is 14.3. The lowest BCUT2D eigenvalue weighted by Crippen LogP contribution is -2.38. The Morgan fingerprint density at radius 2 is 2.25 bits per heavy atom. The molecule has 3 unspecified atom stereocenters. The van der Waals surface area contributed by atoms with E-state index >= 15 is 0 Å². The van der Waals surface area contributed by atoms with Gasteiger partial charge in [-0.15, -0.1) is 0 Å². The Morgan fingerprint density at radius 1 is 1.45 bits per heavy atom. The van der Waals surface area contributed by atoms with Crippen LogP contribution in [-0.4, -0.2) is 40.9 Å². The molecule has 2 aliphatic heterocycles. The summed E-state index contributed by atoms with van der Waals surface area (Å²) in [6.07, 6.45) is 2.23. The van der Waals surface area contributed by atoms with Crippen molar-refractivity contribution in [2.24, 2.45) is 0 Å². The van der Waals surface area contributed by atoms with Gasteiger partial charge in [-0.05, 0) is 49.9 Å². The van der Waals surface area contributed by atoms with Crippen molar-refractivity contribution in [2.75, 3.05) is 13.1 Å². The summed E-state index contributed by atoms with van der Waals surface area (Å²) in [7, 11) is 0. The van der Waals surface area contributed by atoms with E-state index in [1.807, 2.05) is 11.8 Å². The molecule has 3 atom stereocenters. The molecule has 108 valence electrons. The van der Waals surface area contributed by atoms with Gasteiger partial charge in [-0.25, -0.2) is 4.39 Å². The Morgan fingerprint density at radius 3 is 2.95 bits per heavy atom. The highest BCUT2D eigenvalue weighted by molar-refractivity contribution is 5.85. The molecule has 1 amide bonds. The van der Waals surface area contributed by atoms with Gasteiger partial charge in [-0.1, -0.05) is 6.07 Å². The molecule has 3 rings (SSSR count). The summed E-state index contributed by atoms with van der Waals surface area (Å²) in [5.74, 6) is 0.0487. The average molecular weight is 276 g/mol. The van der Waals surface area contributed by atoms with Crippen molar-refractivity contribution >= 4 is 5.91 Å². The van der Waals surface area contributed by atoms with Gasteiger partial charge in [0.2, 0.25) is 5.91 Å². The summed E-state index contributed by atoms with van der Waals surface area (Å²) >= 11 is 0. The van der Waals surface area contributed by atoms with E-state index in [0.717, 1.165) is 37.1 Å². The van der Waals surface area contributed by atoms with Gasteiger partial charge in [0.15, 0.2) is 0 Å². The molecule has 2 heterocycles. The Hall–Kier alpha value is -1.42. The van der Waals surface area contributed by atoms with E-state index in [9.17, 15) is 9.18 Å². The van der Waals surface area contributed by atoms with Gasteiger partial charge in [-0.2, -0.15) is 0 Å². The van der Waals surface area contributed by atoms with Crippen LogP contribution in [0.3, 0.4) is 0 Å². The predicted molar refractivity (Wildman–Crippen MR) is 75.7 cm³/mol. The van der Waals surface area contributed by atoms with Crippen molar-refractivity contribution < 1.29 is 9.18 Å². The highest BCUT2D eigenvalue weighted by Gasteiger charge is 2.44. The third kappa shape index (κ3) is 2.57. The zero-order valence-corrected chi connectivity index (χ0v) is 12.1. The van der Waals surface area contributed by atoms with Crippen molar-refractivity contribution in [2.45, 2.75) is 45.3 Å². The van der Waals surface area contributed by atoms with Gasteiger partial charge in [0.25, 0.3) is 0 Å². The number of benzene rings is 1. The number of hydrogen-bond acceptors (Lipinski definition) is 2. The minimum atomic E-state index is -0.205.